The molecule has 1 aromatic carbocycles. The Labute approximate surface area is 137 Å². The maximum atomic E-state index is 11.7. The van der Waals surface area contributed by atoms with E-state index in [-0.39, 0.29) is 36.9 Å². The summed E-state index contributed by atoms with van der Waals surface area (Å²) in [6.45, 7) is 1.83. The molecule has 7 heteroatoms. The molecule has 2 amide bonds. The summed E-state index contributed by atoms with van der Waals surface area (Å²) in [6, 6.07) is 6.95. The van der Waals surface area contributed by atoms with Crippen LogP contribution in [-0.2, 0) is 9.59 Å². The third-order valence-electron chi connectivity index (χ3n) is 2.81. The number of carbonyl (C=O) groups is 2. The lowest BCUT2D eigenvalue weighted by atomic mass is 10.2. The number of amides is 2. The van der Waals surface area contributed by atoms with E-state index in [1.807, 2.05) is 6.92 Å². The van der Waals surface area contributed by atoms with Crippen molar-refractivity contribution in [3.05, 3.63) is 24.3 Å². The van der Waals surface area contributed by atoms with Crippen LogP contribution < -0.4 is 15.8 Å². The zero-order valence-corrected chi connectivity index (χ0v) is 14.0. The van der Waals surface area contributed by atoms with E-state index in [1.165, 1.54) is 4.90 Å². The molecule has 0 heterocycles. The Balaban J connectivity index is 0.00000441. The molecule has 22 heavy (non-hydrogen) atoms. The third kappa shape index (κ3) is 7.85. The molecule has 1 aromatic rings. The van der Waals surface area contributed by atoms with Crippen LogP contribution in [-0.4, -0.2) is 43.5 Å². The van der Waals surface area contributed by atoms with Crippen LogP contribution in [0.4, 0.5) is 5.69 Å². The number of nitrogens with one attached hydrogen (secondary N) is 1. The summed E-state index contributed by atoms with van der Waals surface area (Å²) in [6.07, 6.45) is 1.02. The highest BCUT2D eigenvalue weighted by atomic mass is 35.5. The number of nitrogens with zero attached hydrogens (tertiary/aromatic N) is 1. The highest BCUT2D eigenvalue weighted by Crippen LogP contribution is 2.17. The van der Waals surface area contributed by atoms with Gasteiger partial charge in [0.2, 0.25) is 5.91 Å². The molecule has 0 fully saturated rings. The standard InChI is InChI=1S/C15H23N3O3.ClH/c1-11(16)7-8-14(19)17-12-5-4-6-13(9-12)21-10-15(20)18(2)3;/h4-6,9,11H,7-8,10,16H2,1-3H3,(H,17,19);1H. The van der Waals surface area contributed by atoms with Gasteiger partial charge in [-0.05, 0) is 25.5 Å². The fraction of sp³-hybridized carbons (Fsp3) is 0.467. The Morgan fingerprint density at radius 1 is 1.36 bits per heavy atom. The van der Waals surface area contributed by atoms with Crippen LogP contribution in [0.15, 0.2) is 24.3 Å². The molecule has 124 valence electrons. The Morgan fingerprint density at radius 2 is 2.05 bits per heavy atom. The normalized spacial score (nSPS) is 11.1. The third-order valence-corrected chi connectivity index (χ3v) is 2.81. The number of hydrogen-bond donors (Lipinski definition) is 2. The summed E-state index contributed by atoms with van der Waals surface area (Å²) in [5.41, 5.74) is 6.25. The van der Waals surface area contributed by atoms with E-state index in [1.54, 1.807) is 38.4 Å². The maximum Gasteiger partial charge on any atom is 0.259 e. The van der Waals surface area contributed by atoms with Crippen LogP contribution in [0.3, 0.4) is 0 Å². The highest BCUT2D eigenvalue weighted by Gasteiger charge is 2.07. The summed E-state index contributed by atoms with van der Waals surface area (Å²) in [4.78, 5) is 24.6. The van der Waals surface area contributed by atoms with Crippen LogP contribution in [0.25, 0.3) is 0 Å². The molecule has 0 aromatic heterocycles. The van der Waals surface area contributed by atoms with Gasteiger partial charge in [0.05, 0.1) is 0 Å². The molecule has 0 saturated heterocycles. The van der Waals surface area contributed by atoms with E-state index < -0.39 is 0 Å². The lowest BCUT2D eigenvalue weighted by Crippen LogP contribution is -2.27. The zero-order chi connectivity index (χ0) is 15.8. The number of rotatable bonds is 7. The van der Waals surface area contributed by atoms with E-state index in [0.717, 1.165) is 0 Å². The van der Waals surface area contributed by atoms with Crippen molar-refractivity contribution < 1.29 is 14.3 Å². The van der Waals surface area contributed by atoms with E-state index in [4.69, 9.17) is 10.5 Å². The first kappa shape index (κ1) is 20.2. The van der Waals surface area contributed by atoms with Gasteiger partial charge in [0.15, 0.2) is 6.61 Å². The summed E-state index contributed by atoms with van der Waals surface area (Å²) < 4.78 is 5.39. The number of nitrogens with two attached hydrogens (primary N) is 1. The van der Waals surface area contributed by atoms with Crippen molar-refractivity contribution in [3.63, 3.8) is 0 Å². The van der Waals surface area contributed by atoms with Crippen LogP contribution in [0, 0.1) is 0 Å². The molecule has 3 N–H and O–H groups in total. The average molecular weight is 330 g/mol. The summed E-state index contributed by atoms with van der Waals surface area (Å²) in [5.74, 6) is 0.324. The molecule has 1 rings (SSSR count). The summed E-state index contributed by atoms with van der Waals surface area (Å²) >= 11 is 0. The first-order chi connectivity index (χ1) is 9.88. The molecule has 0 aliphatic heterocycles. The van der Waals surface area contributed by atoms with Crippen molar-refractivity contribution >= 4 is 29.9 Å². The first-order valence-electron chi connectivity index (χ1n) is 6.87. The van der Waals surface area contributed by atoms with Crippen molar-refractivity contribution in [2.45, 2.75) is 25.8 Å². The number of benzene rings is 1. The van der Waals surface area contributed by atoms with Gasteiger partial charge in [0.1, 0.15) is 5.75 Å². The van der Waals surface area contributed by atoms with E-state index in [9.17, 15) is 9.59 Å². The van der Waals surface area contributed by atoms with Gasteiger partial charge in [0.25, 0.3) is 5.91 Å². The van der Waals surface area contributed by atoms with Crippen molar-refractivity contribution in [2.24, 2.45) is 5.73 Å². The minimum Gasteiger partial charge on any atom is -0.484 e. The lowest BCUT2D eigenvalue weighted by molar-refractivity contribution is -0.130. The van der Waals surface area contributed by atoms with Crippen molar-refractivity contribution in [1.82, 2.24) is 4.90 Å². The van der Waals surface area contributed by atoms with Crippen LogP contribution in [0.1, 0.15) is 19.8 Å². The number of halogens is 1. The second-order valence-electron chi connectivity index (χ2n) is 5.17. The number of ether oxygens (including phenoxy) is 1. The molecule has 6 nitrogen and oxygen atoms in total. The fourth-order valence-corrected chi connectivity index (χ4v) is 1.52. The van der Waals surface area contributed by atoms with E-state index >= 15 is 0 Å². The van der Waals surface area contributed by atoms with Gasteiger partial charge in [-0.15, -0.1) is 12.4 Å². The molecule has 0 saturated carbocycles. The Morgan fingerprint density at radius 3 is 2.64 bits per heavy atom. The van der Waals surface area contributed by atoms with Gasteiger partial charge in [-0.2, -0.15) is 0 Å². The maximum absolute atomic E-state index is 11.7. The molecule has 0 radical (unpaired) electrons. The minimum atomic E-state index is -0.124. The zero-order valence-electron chi connectivity index (χ0n) is 13.2. The Kier molecular flexibility index (Phi) is 9.21. The largest absolute Gasteiger partial charge is 0.484 e. The van der Waals surface area contributed by atoms with Gasteiger partial charge in [0, 0.05) is 38.3 Å². The minimum absolute atomic E-state index is 0. The molecular weight excluding hydrogens is 306 g/mol. The van der Waals surface area contributed by atoms with Crippen molar-refractivity contribution in [3.8, 4) is 5.75 Å². The predicted molar refractivity (Wildman–Crippen MR) is 89.4 cm³/mol. The molecule has 0 bridgehead atoms. The van der Waals surface area contributed by atoms with Gasteiger partial charge < -0.3 is 20.7 Å². The quantitative estimate of drug-likeness (QED) is 0.796. The highest BCUT2D eigenvalue weighted by molar-refractivity contribution is 5.90. The van der Waals surface area contributed by atoms with E-state index in [2.05, 4.69) is 5.32 Å². The van der Waals surface area contributed by atoms with Gasteiger partial charge in [-0.3, -0.25) is 9.59 Å². The monoisotopic (exact) mass is 329 g/mol. The molecule has 0 aliphatic rings. The first-order valence-corrected chi connectivity index (χ1v) is 6.87. The molecule has 1 unspecified atom stereocenters. The predicted octanol–water partition coefficient (Wildman–Crippen LogP) is 1.64. The molecule has 1 atom stereocenters. The number of likely N-dealkylation sites (N-methyl/N-ethyl adjacent to an activating group) is 1. The summed E-state index contributed by atoms with van der Waals surface area (Å²) in [7, 11) is 3.33. The molecule has 0 aliphatic carbocycles. The van der Waals surface area contributed by atoms with Crippen LogP contribution in [0.5, 0.6) is 5.75 Å². The SMILES string of the molecule is CC(N)CCC(=O)Nc1cccc(OCC(=O)N(C)C)c1.Cl. The van der Waals surface area contributed by atoms with E-state index in [0.29, 0.717) is 24.3 Å². The van der Waals surface area contributed by atoms with Crippen LogP contribution >= 0.6 is 12.4 Å². The average Bonchev–Trinajstić information content (AvgIpc) is 2.42. The van der Waals surface area contributed by atoms with Crippen LogP contribution in [0.2, 0.25) is 0 Å². The fourth-order valence-electron chi connectivity index (χ4n) is 1.52. The number of carbonyl (C=O) groups excluding carboxylic acids is 2. The molecular formula is C15H24ClN3O3. The van der Waals surface area contributed by atoms with Gasteiger partial charge in [-0.25, -0.2) is 0 Å². The summed E-state index contributed by atoms with van der Waals surface area (Å²) in [5, 5.41) is 2.78. The van der Waals surface area contributed by atoms with Crippen molar-refractivity contribution in [2.75, 3.05) is 26.0 Å². The van der Waals surface area contributed by atoms with Crippen molar-refractivity contribution in [1.29, 1.82) is 0 Å². The van der Waals surface area contributed by atoms with Gasteiger partial charge >= 0.3 is 0 Å². The topological polar surface area (TPSA) is 84.7 Å². The van der Waals surface area contributed by atoms with Gasteiger partial charge in [-0.1, -0.05) is 6.07 Å². The lowest BCUT2D eigenvalue weighted by Gasteiger charge is -2.12. The second-order valence-corrected chi connectivity index (χ2v) is 5.17. The number of anilines is 1. The Bertz CT molecular complexity index is 493. The molecule has 0 spiro atoms. The Hall–Kier alpha value is -1.79. The number of hydrogen-bond acceptors (Lipinski definition) is 4. The second kappa shape index (κ2) is 10.0. The smallest absolute Gasteiger partial charge is 0.259 e.